The number of rotatable bonds is 4. The van der Waals surface area contributed by atoms with Crippen molar-refractivity contribution in [3.8, 4) is 0 Å². The van der Waals surface area contributed by atoms with Gasteiger partial charge in [0, 0.05) is 6.54 Å². The molecule has 1 heterocycles. The number of hydrogen-bond acceptors (Lipinski definition) is 1. The fourth-order valence-electron chi connectivity index (χ4n) is 2.63. The molecule has 5 heteroatoms. The lowest BCUT2D eigenvalue weighted by atomic mass is 9.77. The quantitative estimate of drug-likeness (QED) is 0.844. The fourth-order valence-corrected chi connectivity index (χ4v) is 2.63. The Hall–Kier alpha value is -1.78. The van der Waals surface area contributed by atoms with E-state index in [0.29, 0.717) is 25.8 Å². The molecule has 0 radical (unpaired) electrons. The van der Waals surface area contributed by atoms with E-state index >= 15 is 0 Å². The first-order chi connectivity index (χ1) is 9.37. The Kier molecular flexibility index (Phi) is 3.88. The zero-order chi connectivity index (χ0) is 14.8. The average Bonchev–Trinajstić information content (AvgIpc) is 2.71. The molecule has 1 aromatic rings. The summed E-state index contributed by atoms with van der Waals surface area (Å²) in [7, 11) is 0. The Labute approximate surface area is 115 Å². The fraction of sp³-hybridized carbons (Fsp3) is 0.400. The van der Waals surface area contributed by atoms with Crippen molar-refractivity contribution in [2.45, 2.75) is 25.4 Å². The Bertz CT molecular complexity index is 507. The second-order valence-corrected chi connectivity index (χ2v) is 5.15. The normalized spacial score (nSPS) is 22.6. The van der Waals surface area contributed by atoms with Gasteiger partial charge in [0.15, 0.2) is 0 Å². The van der Waals surface area contributed by atoms with E-state index < -0.39 is 17.2 Å². The first-order valence-electron chi connectivity index (χ1n) is 6.43. The Balaban J connectivity index is 2.20. The molecule has 108 valence electrons. The number of carbonyl (C=O) groups excluding carboxylic acids is 1. The molecule has 1 fully saturated rings. The molecule has 20 heavy (non-hydrogen) atoms. The van der Waals surface area contributed by atoms with Crippen molar-refractivity contribution in [2.75, 3.05) is 6.54 Å². The van der Waals surface area contributed by atoms with E-state index in [2.05, 4.69) is 11.9 Å². The first kappa shape index (κ1) is 14.6. The number of hydrogen-bond donors (Lipinski definition) is 1. The highest BCUT2D eigenvalue weighted by atomic mass is 19.4. The van der Waals surface area contributed by atoms with Gasteiger partial charge in [0.1, 0.15) is 0 Å². The zero-order valence-electron chi connectivity index (χ0n) is 11.0. The van der Waals surface area contributed by atoms with Gasteiger partial charge in [-0.25, -0.2) is 0 Å². The molecule has 1 saturated heterocycles. The van der Waals surface area contributed by atoms with Crippen LogP contribution < -0.4 is 5.32 Å². The smallest absolute Gasteiger partial charge is 0.356 e. The van der Waals surface area contributed by atoms with Crippen LogP contribution in [0.5, 0.6) is 0 Å². The summed E-state index contributed by atoms with van der Waals surface area (Å²) in [5.74, 6) is -0.0442. The van der Waals surface area contributed by atoms with Crippen LogP contribution in [0.15, 0.2) is 36.9 Å². The van der Waals surface area contributed by atoms with Crippen molar-refractivity contribution in [2.24, 2.45) is 5.41 Å². The Morgan fingerprint density at radius 1 is 1.30 bits per heavy atom. The van der Waals surface area contributed by atoms with Crippen molar-refractivity contribution in [1.29, 1.82) is 0 Å². The van der Waals surface area contributed by atoms with Crippen molar-refractivity contribution in [3.63, 3.8) is 0 Å². The summed E-state index contributed by atoms with van der Waals surface area (Å²) in [6.07, 6.45) is -1.00. The minimum absolute atomic E-state index is 0.0442. The topological polar surface area (TPSA) is 29.1 Å². The number of nitrogens with one attached hydrogen (secondary N) is 1. The molecule has 1 N–H and O–H groups in total. The van der Waals surface area contributed by atoms with E-state index in [-0.39, 0.29) is 5.91 Å². The lowest BCUT2D eigenvalue weighted by molar-refractivity contribution is -0.137. The summed E-state index contributed by atoms with van der Waals surface area (Å²) in [5.41, 5.74) is -0.506. The van der Waals surface area contributed by atoms with Crippen molar-refractivity contribution >= 4 is 5.91 Å². The average molecular weight is 283 g/mol. The lowest BCUT2D eigenvalue weighted by Crippen LogP contribution is -2.32. The second kappa shape index (κ2) is 5.31. The molecule has 0 spiro atoms. The van der Waals surface area contributed by atoms with Gasteiger partial charge in [-0.3, -0.25) is 4.79 Å². The number of allylic oxidation sites excluding steroid dienone is 1. The minimum atomic E-state index is -4.33. The summed E-state index contributed by atoms with van der Waals surface area (Å²) in [4.78, 5) is 12.0. The maximum atomic E-state index is 12.5. The van der Waals surface area contributed by atoms with Crippen molar-refractivity contribution in [3.05, 3.63) is 48.0 Å². The van der Waals surface area contributed by atoms with Crippen LogP contribution in [-0.4, -0.2) is 12.5 Å². The number of carbonyl (C=O) groups is 1. The highest BCUT2D eigenvalue weighted by Crippen LogP contribution is 2.36. The van der Waals surface area contributed by atoms with Crippen LogP contribution in [0, 0.1) is 5.41 Å². The van der Waals surface area contributed by atoms with Gasteiger partial charge < -0.3 is 5.32 Å². The molecule has 0 bridgehead atoms. The van der Waals surface area contributed by atoms with E-state index in [9.17, 15) is 18.0 Å². The minimum Gasteiger partial charge on any atom is -0.356 e. The second-order valence-electron chi connectivity index (χ2n) is 5.15. The van der Waals surface area contributed by atoms with Crippen LogP contribution in [0.2, 0.25) is 0 Å². The highest BCUT2D eigenvalue weighted by molar-refractivity contribution is 5.85. The molecular weight excluding hydrogens is 267 g/mol. The van der Waals surface area contributed by atoms with Gasteiger partial charge in [-0.1, -0.05) is 18.2 Å². The van der Waals surface area contributed by atoms with E-state index in [0.717, 1.165) is 17.7 Å². The number of halogens is 3. The molecule has 0 saturated carbocycles. The standard InChI is InChI=1S/C15H16F3NO/c1-2-7-14(8-9-19-13(14)20)10-11-3-5-12(6-4-11)15(16,17)18/h2-6H,1,7-10H2,(H,19,20)/t14-/m1/s1. The molecule has 2 rings (SSSR count). The Morgan fingerprint density at radius 2 is 1.95 bits per heavy atom. The molecule has 1 aliphatic rings. The first-order valence-corrected chi connectivity index (χ1v) is 6.43. The van der Waals surface area contributed by atoms with Crippen molar-refractivity contribution in [1.82, 2.24) is 5.32 Å². The van der Waals surface area contributed by atoms with Crippen LogP contribution in [0.4, 0.5) is 13.2 Å². The zero-order valence-corrected chi connectivity index (χ0v) is 11.0. The number of benzene rings is 1. The largest absolute Gasteiger partial charge is 0.416 e. The molecule has 0 aromatic heterocycles. The van der Waals surface area contributed by atoms with Crippen molar-refractivity contribution < 1.29 is 18.0 Å². The molecule has 2 nitrogen and oxygen atoms in total. The number of alkyl halides is 3. The van der Waals surface area contributed by atoms with Gasteiger partial charge in [-0.15, -0.1) is 6.58 Å². The molecule has 1 amide bonds. The summed E-state index contributed by atoms with van der Waals surface area (Å²) >= 11 is 0. The van der Waals surface area contributed by atoms with Crippen LogP contribution in [0.1, 0.15) is 24.0 Å². The van der Waals surface area contributed by atoms with Gasteiger partial charge >= 0.3 is 6.18 Å². The van der Waals surface area contributed by atoms with Crippen LogP contribution in [0.25, 0.3) is 0 Å². The van der Waals surface area contributed by atoms with Gasteiger partial charge in [0.05, 0.1) is 11.0 Å². The van der Waals surface area contributed by atoms with E-state index in [1.54, 1.807) is 6.08 Å². The predicted molar refractivity (Wildman–Crippen MR) is 70.0 cm³/mol. The summed E-state index contributed by atoms with van der Waals surface area (Å²) < 4.78 is 37.5. The van der Waals surface area contributed by atoms with Gasteiger partial charge in [0.2, 0.25) is 5.91 Å². The third kappa shape index (κ3) is 2.86. The molecule has 0 aliphatic carbocycles. The highest BCUT2D eigenvalue weighted by Gasteiger charge is 2.41. The molecular formula is C15H16F3NO. The maximum Gasteiger partial charge on any atom is 0.416 e. The summed E-state index contributed by atoms with van der Waals surface area (Å²) in [5, 5.41) is 2.78. The summed E-state index contributed by atoms with van der Waals surface area (Å²) in [6.45, 7) is 4.27. The molecule has 0 unspecified atom stereocenters. The molecule has 1 aromatic carbocycles. The van der Waals surface area contributed by atoms with E-state index in [4.69, 9.17) is 0 Å². The van der Waals surface area contributed by atoms with E-state index in [1.807, 2.05) is 0 Å². The number of amides is 1. The van der Waals surface area contributed by atoms with E-state index in [1.165, 1.54) is 12.1 Å². The monoisotopic (exact) mass is 283 g/mol. The Morgan fingerprint density at radius 3 is 2.40 bits per heavy atom. The van der Waals surface area contributed by atoms with Crippen LogP contribution in [-0.2, 0) is 17.4 Å². The van der Waals surface area contributed by atoms with Crippen LogP contribution >= 0.6 is 0 Å². The SMILES string of the molecule is C=CC[C@]1(Cc2ccc(C(F)(F)F)cc2)CCNC1=O. The predicted octanol–water partition coefficient (Wildman–Crippen LogP) is 3.33. The molecule has 1 aliphatic heterocycles. The van der Waals surface area contributed by atoms with Gasteiger partial charge in [-0.2, -0.15) is 13.2 Å². The van der Waals surface area contributed by atoms with Gasteiger partial charge in [-0.05, 0) is 37.0 Å². The van der Waals surface area contributed by atoms with Gasteiger partial charge in [0.25, 0.3) is 0 Å². The third-order valence-electron chi connectivity index (χ3n) is 3.73. The van der Waals surface area contributed by atoms with Crippen LogP contribution in [0.3, 0.4) is 0 Å². The maximum absolute atomic E-state index is 12.5. The summed E-state index contributed by atoms with van der Waals surface area (Å²) in [6, 6.07) is 5.01. The third-order valence-corrected chi connectivity index (χ3v) is 3.73. The molecule has 1 atom stereocenters. The lowest BCUT2D eigenvalue weighted by Gasteiger charge is -2.24.